The fourth-order valence-electron chi connectivity index (χ4n) is 0.703. The molecule has 2 heterocycles. The molecule has 0 fully saturated rings. The maximum atomic E-state index is 4.86. The quantitative estimate of drug-likeness (QED) is 0.629. The molecule has 2 aromatic heterocycles. The van der Waals surface area contributed by atoms with Crippen LogP contribution in [0.25, 0.3) is 11.5 Å². The Morgan fingerprint density at radius 1 is 1.60 bits per heavy atom. The predicted octanol–water partition coefficient (Wildman–Crippen LogP) is 0.865. The van der Waals surface area contributed by atoms with Crippen LogP contribution in [0, 0.1) is 6.39 Å². The fraction of sp³-hybridized carbons (Fsp3) is 0. The monoisotopic (exact) mass is 134 g/mol. The summed E-state index contributed by atoms with van der Waals surface area (Å²) in [6.45, 7) is 0. The second kappa shape index (κ2) is 1.98. The molecular weight excluding hydrogens is 130 g/mol. The molecule has 0 atom stereocenters. The van der Waals surface area contributed by atoms with Crippen molar-refractivity contribution in [1.29, 1.82) is 0 Å². The number of rotatable bonds is 1. The van der Waals surface area contributed by atoms with Crippen LogP contribution in [0.5, 0.6) is 0 Å². The molecular formula is C6H4N3O. The molecule has 0 aliphatic rings. The van der Waals surface area contributed by atoms with E-state index in [0.29, 0.717) is 5.76 Å². The van der Waals surface area contributed by atoms with Crippen LogP contribution in [0.15, 0.2) is 22.9 Å². The third-order valence-electron chi connectivity index (χ3n) is 1.14. The van der Waals surface area contributed by atoms with Crippen molar-refractivity contribution in [3.05, 3.63) is 24.9 Å². The number of nitrogens with zero attached hydrogens (tertiary/aromatic N) is 2. The molecule has 0 saturated heterocycles. The van der Waals surface area contributed by atoms with Gasteiger partial charge in [0.15, 0.2) is 5.76 Å². The summed E-state index contributed by atoms with van der Waals surface area (Å²) in [6.07, 6.45) is 5.62. The minimum atomic E-state index is 0.626. The lowest BCUT2D eigenvalue weighted by atomic mass is 10.4. The first-order valence-corrected chi connectivity index (χ1v) is 2.79. The number of H-pyrrole nitrogens is 1. The van der Waals surface area contributed by atoms with E-state index in [1.54, 1.807) is 18.5 Å². The Morgan fingerprint density at radius 2 is 2.60 bits per heavy atom. The van der Waals surface area contributed by atoms with Gasteiger partial charge in [-0.05, 0) is 6.07 Å². The lowest BCUT2D eigenvalue weighted by molar-refractivity contribution is 0.559. The van der Waals surface area contributed by atoms with Crippen molar-refractivity contribution in [2.24, 2.45) is 0 Å². The molecule has 4 heteroatoms. The molecule has 10 heavy (non-hydrogen) atoms. The molecule has 49 valence electrons. The summed E-state index contributed by atoms with van der Waals surface area (Å²) in [7, 11) is 0. The number of aromatic nitrogens is 3. The third kappa shape index (κ3) is 0.699. The average Bonchev–Trinajstić information content (AvgIpc) is 2.59. The number of aromatic amines is 1. The Bertz CT molecular complexity index is 252. The molecule has 1 N–H and O–H groups in total. The molecule has 0 aromatic carbocycles. The molecule has 2 rings (SSSR count). The van der Waals surface area contributed by atoms with Gasteiger partial charge in [0.2, 0.25) is 0 Å². The third-order valence-corrected chi connectivity index (χ3v) is 1.14. The maximum absolute atomic E-state index is 4.86. The highest BCUT2D eigenvalue weighted by atomic mass is 16.3. The second-order valence-corrected chi connectivity index (χ2v) is 1.78. The van der Waals surface area contributed by atoms with E-state index >= 15 is 0 Å². The highest BCUT2D eigenvalue weighted by Gasteiger charge is 2.01. The van der Waals surface area contributed by atoms with Gasteiger partial charge in [-0.1, -0.05) is 0 Å². The van der Waals surface area contributed by atoms with Crippen LogP contribution < -0.4 is 0 Å². The van der Waals surface area contributed by atoms with Crippen LogP contribution in [0.1, 0.15) is 0 Å². The van der Waals surface area contributed by atoms with Crippen LogP contribution >= 0.6 is 0 Å². The van der Waals surface area contributed by atoms with Gasteiger partial charge in [0, 0.05) is 6.20 Å². The first kappa shape index (κ1) is 5.22. The van der Waals surface area contributed by atoms with Crippen molar-refractivity contribution in [3.63, 3.8) is 0 Å². The van der Waals surface area contributed by atoms with Gasteiger partial charge in [-0.15, -0.1) is 0 Å². The molecule has 0 amide bonds. The van der Waals surface area contributed by atoms with Gasteiger partial charge in [-0.25, -0.2) is 4.98 Å². The smallest absolute Gasteiger partial charge is 0.284 e. The highest BCUT2D eigenvalue weighted by molar-refractivity contribution is 5.48. The first-order chi connectivity index (χ1) is 4.97. The molecule has 4 nitrogen and oxygen atoms in total. The van der Waals surface area contributed by atoms with Gasteiger partial charge in [0.1, 0.15) is 5.69 Å². The van der Waals surface area contributed by atoms with Crippen molar-refractivity contribution in [2.45, 2.75) is 0 Å². The maximum Gasteiger partial charge on any atom is 0.284 e. The zero-order valence-electron chi connectivity index (χ0n) is 5.03. The fourth-order valence-corrected chi connectivity index (χ4v) is 0.703. The van der Waals surface area contributed by atoms with E-state index in [4.69, 9.17) is 4.42 Å². The van der Waals surface area contributed by atoms with Crippen molar-refractivity contribution in [2.75, 3.05) is 0 Å². The summed E-state index contributed by atoms with van der Waals surface area (Å²) in [6, 6.07) is 1.80. The summed E-state index contributed by atoms with van der Waals surface area (Å²) >= 11 is 0. The Kier molecular flexibility index (Phi) is 1.04. The SMILES string of the molecule is [c]1ncc(-c2cc[nH]n2)o1. The zero-order valence-corrected chi connectivity index (χ0v) is 5.03. The van der Waals surface area contributed by atoms with E-state index in [-0.39, 0.29) is 0 Å². The first-order valence-electron chi connectivity index (χ1n) is 2.79. The minimum absolute atomic E-state index is 0.626. The van der Waals surface area contributed by atoms with Gasteiger partial charge in [-0.2, -0.15) is 5.10 Å². The van der Waals surface area contributed by atoms with Gasteiger partial charge in [0.05, 0.1) is 6.20 Å². The summed E-state index contributed by atoms with van der Waals surface area (Å²) in [5, 5.41) is 6.55. The number of hydrogen-bond donors (Lipinski definition) is 1. The predicted molar refractivity (Wildman–Crippen MR) is 32.9 cm³/mol. The Hall–Kier alpha value is -1.58. The van der Waals surface area contributed by atoms with Crippen LogP contribution in [-0.2, 0) is 0 Å². The van der Waals surface area contributed by atoms with Gasteiger partial charge in [-0.3, -0.25) is 5.10 Å². The van der Waals surface area contributed by atoms with E-state index in [0.717, 1.165) is 5.69 Å². The van der Waals surface area contributed by atoms with Crippen molar-refractivity contribution in [1.82, 2.24) is 15.2 Å². The van der Waals surface area contributed by atoms with E-state index in [1.807, 2.05) is 0 Å². The Labute approximate surface area is 56.9 Å². The topological polar surface area (TPSA) is 54.7 Å². The average molecular weight is 134 g/mol. The lowest BCUT2D eigenvalue weighted by Gasteiger charge is -1.81. The van der Waals surface area contributed by atoms with Crippen molar-refractivity contribution in [3.8, 4) is 11.5 Å². The van der Waals surface area contributed by atoms with Crippen molar-refractivity contribution < 1.29 is 4.42 Å². The normalized spacial score (nSPS) is 10.0. The number of nitrogens with one attached hydrogen (secondary N) is 1. The summed E-state index contributed by atoms with van der Waals surface area (Å²) in [4.78, 5) is 3.63. The summed E-state index contributed by atoms with van der Waals surface area (Å²) in [5.74, 6) is 0.626. The molecule has 0 aliphatic carbocycles. The molecule has 0 spiro atoms. The van der Waals surface area contributed by atoms with Crippen LogP contribution in [-0.4, -0.2) is 15.2 Å². The molecule has 0 unspecified atom stereocenters. The van der Waals surface area contributed by atoms with E-state index in [9.17, 15) is 0 Å². The second-order valence-electron chi connectivity index (χ2n) is 1.78. The van der Waals surface area contributed by atoms with Crippen LogP contribution in [0.4, 0.5) is 0 Å². The largest absolute Gasteiger partial charge is 0.431 e. The van der Waals surface area contributed by atoms with Gasteiger partial charge in [0.25, 0.3) is 6.39 Å². The molecule has 2 aromatic rings. The number of hydrogen-bond acceptors (Lipinski definition) is 3. The van der Waals surface area contributed by atoms with Crippen LogP contribution in [0.3, 0.4) is 0 Å². The lowest BCUT2D eigenvalue weighted by Crippen LogP contribution is -1.71. The highest BCUT2D eigenvalue weighted by Crippen LogP contribution is 2.12. The van der Waals surface area contributed by atoms with Crippen LogP contribution in [0.2, 0.25) is 0 Å². The van der Waals surface area contributed by atoms with E-state index in [1.165, 1.54) is 0 Å². The van der Waals surface area contributed by atoms with Crippen molar-refractivity contribution >= 4 is 0 Å². The van der Waals surface area contributed by atoms with E-state index in [2.05, 4.69) is 21.6 Å². The molecule has 1 radical (unpaired) electrons. The molecule has 0 saturated carbocycles. The number of oxazole rings is 1. The minimum Gasteiger partial charge on any atom is -0.431 e. The van der Waals surface area contributed by atoms with Gasteiger partial charge >= 0.3 is 0 Å². The molecule has 0 bridgehead atoms. The summed E-state index contributed by atoms with van der Waals surface area (Å²) < 4.78 is 4.86. The Balaban J connectivity index is 2.48. The Morgan fingerprint density at radius 3 is 3.20 bits per heavy atom. The van der Waals surface area contributed by atoms with Gasteiger partial charge < -0.3 is 4.42 Å². The molecule has 0 aliphatic heterocycles. The van der Waals surface area contributed by atoms with E-state index < -0.39 is 0 Å². The summed E-state index contributed by atoms with van der Waals surface area (Å²) in [5.41, 5.74) is 0.744. The standard InChI is InChI=1S/C6H4N3O/c1-2-8-9-5(1)6-3-7-4-10-6/h1-3H,(H,8,9). The zero-order chi connectivity index (χ0) is 6.81.